The van der Waals surface area contributed by atoms with E-state index >= 15 is 0 Å². The molecule has 0 aromatic heterocycles. The smallest absolute Gasteiger partial charge is 0.119 e. The Balaban J connectivity index is 2.64. The minimum absolute atomic E-state index is 0.0713. The Labute approximate surface area is 97.3 Å². The van der Waals surface area contributed by atoms with E-state index in [9.17, 15) is 0 Å². The van der Waals surface area contributed by atoms with E-state index in [1.165, 1.54) is 0 Å². The van der Waals surface area contributed by atoms with E-state index in [-0.39, 0.29) is 6.04 Å². The number of likely N-dealkylation sites (N-methyl/N-ethyl adjacent to an activating group) is 1. The highest BCUT2D eigenvalue weighted by atomic mass is 16.5. The van der Waals surface area contributed by atoms with Crippen LogP contribution >= 0.6 is 0 Å². The van der Waals surface area contributed by atoms with Gasteiger partial charge in [-0.15, -0.1) is 0 Å². The number of ether oxygens (including phenoxy) is 1. The standard InChI is InChI=1S/C13H18N2O/c1-4-16-13-7-5-11(6-8-13)9-12(10-14)15(2)3/h5-8,12H,4,9H2,1-3H3. The summed E-state index contributed by atoms with van der Waals surface area (Å²) >= 11 is 0. The molecule has 0 saturated heterocycles. The highest BCUT2D eigenvalue weighted by Gasteiger charge is 2.10. The minimum Gasteiger partial charge on any atom is -0.494 e. The molecular formula is C13H18N2O. The van der Waals surface area contributed by atoms with E-state index in [4.69, 9.17) is 10.00 Å². The van der Waals surface area contributed by atoms with E-state index in [1.807, 2.05) is 50.2 Å². The van der Waals surface area contributed by atoms with Crippen LogP contribution in [0.1, 0.15) is 12.5 Å². The van der Waals surface area contributed by atoms with Crippen molar-refractivity contribution in [3.05, 3.63) is 29.8 Å². The number of benzene rings is 1. The molecule has 0 bridgehead atoms. The molecule has 0 N–H and O–H groups in total. The van der Waals surface area contributed by atoms with Crippen LogP contribution < -0.4 is 4.74 Å². The van der Waals surface area contributed by atoms with Crippen LogP contribution in [0.5, 0.6) is 5.75 Å². The Morgan fingerprint density at radius 1 is 1.31 bits per heavy atom. The summed E-state index contributed by atoms with van der Waals surface area (Å²) < 4.78 is 5.36. The van der Waals surface area contributed by atoms with Gasteiger partial charge in [-0.3, -0.25) is 4.90 Å². The lowest BCUT2D eigenvalue weighted by Crippen LogP contribution is -2.28. The van der Waals surface area contributed by atoms with Crippen LogP contribution in [-0.2, 0) is 6.42 Å². The van der Waals surface area contributed by atoms with Crippen LogP contribution in [-0.4, -0.2) is 31.6 Å². The van der Waals surface area contributed by atoms with Gasteiger partial charge in [0.15, 0.2) is 0 Å². The molecule has 0 aliphatic rings. The fourth-order valence-corrected chi connectivity index (χ4v) is 1.46. The first-order valence-corrected chi connectivity index (χ1v) is 5.45. The first-order valence-electron chi connectivity index (χ1n) is 5.45. The predicted molar refractivity (Wildman–Crippen MR) is 64.4 cm³/mol. The molecule has 1 atom stereocenters. The van der Waals surface area contributed by atoms with Crippen LogP contribution in [0.3, 0.4) is 0 Å². The molecule has 86 valence electrons. The van der Waals surface area contributed by atoms with Crippen LogP contribution in [0.4, 0.5) is 0 Å². The van der Waals surface area contributed by atoms with Gasteiger partial charge in [-0.1, -0.05) is 12.1 Å². The normalized spacial score (nSPS) is 12.2. The summed E-state index contributed by atoms with van der Waals surface area (Å²) in [4.78, 5) is 1.93. The van der Waals surface area contributed by atoms with Crippen molar-refractivity contribution in [2.75, 3.05) is 20.7 Å². The molecule has 0 spiro atoms. The first-order chi connectivity index (χ1) is 7.67. The lowest BCUT2D eigenvalue weighted by Gasteiger charge is -2.17. The summed E-state index contributed by atoms with van der Waals surface area (Å²) in [6, 6.07) is 10.1. The van der Waals surface area contributed by atoms with Gasteiger partial charge in [0.2, 0.25) is 0 Å². The average molecular weight is 218 g/mol. The molecular weight excluding hydrogens is 200 g/mol. The Kier molecular flexibility index (Phi) is 4.81. The van der Waals surface area contributed by atoms with Crippen LogP contribution in [0.25, 0.3) is 0 Å². The molecule has 1 aromatic rings. The van der Waals surface area contributed by atoms with Gasteiger partial charge in [-0.05, 0) is 38.7 Å². The molecule has 0 fully saturated rings. The largest absolute Gasteiger partial charge is 0.494 e. The van der Waals surface area contributed by atoms with Crippen molar-refractivity contribution in [2.24, 2.45) is 0 Å². The summed E-state index contributed by atoms with van der Waals surface area (Å²) in [7, 11) is 3.84. The number of hydrogen-bond acceptors (Lipinski definition) is 3. The molecule has 3 heteroatoms. The summed E-state index contributed by atoms with van der Waals surface area (Å²) in [5.74, 6) is 0.879. The van der Waals surface area contributed by atoms with Gasteiger partial charge in [0, 0.05) is 6.42 Å². The van der Waals surface area contributed by atoms with E-state index in [1.54, 1.807) is 0 Å². The summed E-state index contributed by atoms with van der Waals surface area (Å²) in [5, 5.41) is 8.98. The van der Waals surface area contributed by atoms with E-state index in [0.29, 0.717) is 6.61 Å². The minimum atomic E-state index is -0.0713. The van der Waals surface area contributed by atoms with Gasteiger partial charge in [0.1, 0.15) is 11.8 Å². The second kappa shape index (κ2) is 6.14. The second-order valence-electron chi connectivity index (χ2n) is 3.89. The lowest BCUT2D eigenvalue weighted by atomic mass is 10.1. The average Bonchev–Trinajstić information content (AvgIpc) is 2.28. The third kappa shape index (κ3) is 3.56. The van der Waals surface area contributed by atoms with Gasteiger partial charge in [-0.25, -0.2) is 0 Å². The number of nitriles is 1. The Morgan fingerprint density at radius 2 is 1.94 bits per heavy atom. The zero-order chi connectivity index (χ0) is 12.0. The van der Waals surface area contributed by atoms with E-state index in [2.05, 4.69) is 6.07 Å². The van der Waals surface area contributed by atoms with Crippen molar-refractivity contribution in [1.29, 1.82) is 5.26 Å². The Bertz CT molecular complexity index is 351. The maximum atomic E-state index is 8.98. The fraction of sp³-hybridized carbons (Fsp3) is 0.462. The molecule has 3 nitrogen and oxygen atoms in total. The van der Waals surface area contributed by atoms with Crippen molar-refractivity contribution in [2.45, 2.75) is 19.4 Å². The van der Waals surface area contributed by atoms with Crippen molar-refractivity contribution in [3.8, 4) is 11.8 Å². The molecule has 0 aliphatic carbocycles. The van der Waals surface area contributed by atoms with Crippen LogP contribution in [0, 0.1) is 11.3 Å². The van der Waals surface area contributed by atoms with Gasteiger partial charge in [-0.2, -0.15) is 5.26 Å². The zero-order valence-electron chi connectivity index (χ0n) is 10.1. The Morgan fingerprint density at radius 3 is 2.38 bits per heavy atom. The highest BCUT2D eigenvalue weighted by Crippen LogP contribution is 2.14. The topological polar surface area (TPSA) is 36.3 Å². The SMILES string of the molecule is CCOc1ccc(CC(C#N)N(C)C)cc1. The Hall–Kier alpha value is -1.53. The molecule has 0 heterocycles. The van der Waals surface area contributed by atoms with Gasteiger partial charge < -0.3 is 4.74 Å². The first kappa shape index (κ1) is 12.5. The monoisotopic (exact) mass is 218 g/mol. The molecule has 16 heavy (non-hydrogen) atoms. The van der Waals surface area contributed by atoms with E-state index < -0.39 is 0 Å². The van der Waals surface area contributed by atoms with Gasteiger partial charge >= 0.3 is 0 Å². The maximum absolute atomic E-state index is 8.98. The molecule has 0 amide bonds. The van der Waals surface area contributed by atoms with Crippen molar-refractivity contribution in [3.63, 3.8) is 0 Å². The second-order valence-corrected chi connectivity index (χ2v) is 3.89. The third-order valence-corrected chi connectivity index (χ3v) is 2.44. The van der Waals surface area contributed by atoms with Crippen LogP contribution in [0.2, 0.25) is 0 Å². The van der Waals surface area contributed by atoms with Gasteiger partial charge in [0.05, 0.1) is 12.7 Å². The molecule has 1 aromatic carbocycles. The van der Waals surface area contributed by atoms with Crippen molar-refractivity contribution >= 4 is 0 Å². The van der Waals surface area contributed by atoms with Crippen LogP contribution in [0.15, 0.2) is 24.3 Å². The molecule has 1 rings (SSSR count). The summed E-state index contributed by atoms with van der Waals surface area (Å²) in [5.41, 5.74) is 1.16. The molecule has 0 aliphatic heterocycles. The number of hydrogen-bond donors (Lipinski definition) is 0. The number of nitrogens with zero attached hydrogens (tertiary/aromatic N) is 2. The van der Waals surface area contributed by atoms with Gasteiger partial charge in [0.25, 0.3) is 0 Å². The molecule has 1 unspecified atom stereocenters. The maximum Gasteiger partial charge on any atom is 0.119 e. The predicted octanol–water partition coefficient (Wildman–Crippen LogP) is 2.08. The fourth-order valence-electron chi connectivity index (χ4n) is 1.46. The van der Waals surface area contributed by atoms with Crippen molar-refractivity contribution in [1.82, 2.24) is 4.90 Å². The van der Waals surface area contributed by atoms with E-state index in [0.717, 1.165) is 17.7 Å². The molecule has 0 saturated carbocycles. The molecule has 0 radical (unpaired) electrons. The number of rotatable bonds is 5. The van der Waals surface area contributed by atoms with Crippen molar-refractivity contribution < 1.29 is 4.74 Å². The lowest BCUT2D eigenvalue weighted by molar-refractivity contribution is 0.339. The summed E-state index contributed by atoms with van der Waals surface area (Å²) in [6.45, 7) is 2.64. The third-order valence-electron chi connectivity index (χ3n) is 2.44. The highest BCUT2D eigenvalue weighted by molar-refractivity contribution is 5.28. The zero-order valence-corrected chi connectivity index (χ0v) is 10.1. The quantitative estimate of drug-likeness (QED) is 0.759. The summed E-state index contributed by atoms with van der Waals surface area (Å²) in [6.07, 6.45) is 0.746.